The standard InChI is InChI=1S/C40H39Cl2N3O4/c1-3-49-40(48)37-27(2)45(36(46)25-33(37)32-18-19-34(41)35(42)24-32)26-28-14-16-31(17-15-28)39(47)44-22-20-43(21-23-44)38(29-10-6-4-7-11-29)30-12-8-5-9-13-30/h4-19,24,33,38H,3,20-23,25-26H2,1-2H3. The fraction of sp³-hybridized carbons (Fsp3) is 0.275. The molecule has 1 fully saturated rings. The van der Waals surface area contributed by atoms with Gasteiger partial charge in [0.15, 0.2) is 0 Å². The number of hydrogen-bond donors (Lipinski definition) is 0. The number of nitrogens with zero attached hydrogens (tertiary/aromatic N) is 3. The lowest BCUT2D eigenvalue weighted by atomic mass is 9.83. The molecule has 0 aliphatic carbocycles. The Balaban J connectivity index is 1.14. The third-order valence-electron chi connectivity index (χ3n) is 9.40. The number of amides is 2. The third kappa shape index (κ3) is 7.59. The van der Waals surface area contributed by atoms with Crippen LogP contribution in [0.1, 0.15) is 64.8 Å². The van der Waals surface area contributed by atoms with E-state index in [1.165, 1.54) is 11.1 Å². The highest BCUT2D eigenvalue weighted by atomic mass is 35.5. The molecule has 7 nitrogen and oxygen atoms in total. The summed E-state index contributed by atoms with van der Waals surface area (Å²) in [7, 11) is 0. The lowest BCUT2D eigenvalue weighted by molar-refractivity contribution is -0.140. The quantitative estimate of drug-likeness (QED) is 0.167. The maximum atomic E-state index is 13.6. The Morgan fingerprint density at radius 3 is 2.00 bits per heavy atom. The molecule has 252 valence electrons. The molecule has 0 aromatic heterocycles. The van der Waals surface area contributed by atoms with Gasteiger partial charge in [0.1, 0.15) is 0 Å². The predicted octanol–water partition coefficient (Wildman–Crippen LogP) is 7.89. The number of benzene rings is 4. The lowest BCUT2D eigenvalue weighted by Crippen LogP contribution is -2.49. The van der Waals surface area contributed by atoms with E-state index in [1.54, 1.807) is 36.9 Å². The van der Waals surface area contributed by atoms with Crippen LogP contribution in [-0.4, -0.2) is 65.3 Å². The maximum Gasteiger partial charge on any atom is 0.336 e. The smallest absolute Gasteiger partial charge is 0.336 e. The number of allylic oxidation sites excluding steroid dienone is 1. The summed E-state index contributed by atoms with van der Waals surface area (Å²) in [6, 6.07) is 33.7. The second kappa shape index (κ2) is 15.4. The van der Waals surface area contributed by atoms with Gasteiger partial charge in [0.2, 0.25) is 5.91 Å². The van der Waals surface area contributed by atoms with E-state index in [-0.39, 0.29) is 37.4 Å². The lowest BCUT2D eigenvalue weighted by Gasteiger charge is -2.39. The van der Waals surface area contributed by atoms with Crippen LogP contribution in [-0.2, 0) is 20.9 Å². The molecule has 0 spiro atoms. The van der Waals surface area contributed by atoms with Gasteiger partial charge in [-0.25, -0.2) is 4.79 Å². The molecule has 1 atom stereocenters. The monoisotopic (exact) mass is 695 g/mol. The van der Waals surface area contributed by atoms with Crippen molar-refractivity contribution in [1.82, 2.24) is 14.7 Å². The summed E-state index contributed by atoms with van der Waals surface area (Å²) < 4.78 is 5.42. The molecular formula is C40H39Cl2N3O4. The van der Waals surface area contributed by atoms with E-state index in [9.17, 15) is 14.4 Å². The van der Waals surface area contributed by atoms with Gasteiger partial charge in [-0.05, 0) is 60.4 Å². The highest BCUT2D eigenvalue weighted by Crippen LogP contribution is 2.39. The molecule has 1 unspecified atom stereocenters. The van der Waals surface area contributed by atoms with E-state index >= 15 is 0 Å². The number of esters is 1. The van der Waals surface area contributed by atoms with E-state index in [1.807, 2.05) is 41.3 Å². The van der Waals surface area contributed by atoms with Crippen LogP contribution in [0.25, 0.3) is 0 Å². The van der Waals surface area contributed by atoms with Gasteiger partial charge >= 0.3 is 5.97 Å². The first-order valence-corrected chi connectivity index (χ1v) is 17.4. The van der Waals surface area contributed by atoms with Crippen LogP contribution in [0.4, 0.5) is 0 Å². The molecular weight excluding hydrogens is 657 g/mol. The van der Waals surface area contributed by atoms with Gasteiger partial charge in [-0.3, -0.25) is 14.5 Å². The number of hydrogen-bond acceptors (Lipinski definition) is 5. The summed E-state index contributed by atoms with van der Waals surface area (Å²) in [6.45, 7) is 6.76. The molecule has 2 aliphatic heterocycles. The average Bonchev–Trinajstić information content (AvgIpc) is 3.12. The molecule has 2 amide bonds. The molecule has 0 bridgehead atoms. The van der Waals surface area contributed by atoms with Crippen molar-refractivity contribution in [2.75, 3.05) is 32.8 Å². The Bertz CT molecular complexity index is 1800. The maximum absolute atomic E-state index is 13.6. The first-order chi connectivity index (χ1) is 23.7. The van der Waals surface area contributed by atoms with E-state index in [0.717, 1.165) is 24.2 Å². The van der Waals surface area contributed by atoms with E-state index in [0.29, 0.717) is 40.0 Å². The minimum absolute atomic E-state index is 0.0126. The first kappa shape index (κ1) is 34.4. The molecule has 0 radical (unpaired) electrons. The highest BCUT2D eigenvalue weighted by Gasteiger charge is 2.37. The number of piperazine rings is 1. The van der Waals surface area contributed by atoms with Crippen LogP contribution >= 0.6 is 23.2 Å². The Kier molecular flexibility index (Phi) is 10.8. The van der Waals surface area contributed by atoms with E-state index in [2.05, 4.69) is 53.4 Å². The minimum Gasteiger partial charge on any atom is -0.463 e. The number of carbonyl (C=O) groups is 3. The summed E-state index contributed by atoms with van der Waals surface area (Å²) >= 11 is 12.4. The van der Waals surface area contributed by atoms with Crippen LogP contribution in [0.3, 0.4) is 0 Å². The first-order valence-electron chi connectivity index (χ1n) is 16.6. The largest absolute Gasteiger partial charge is 0.463 e. The summed E-state index contributed by atoms with van der Waals surface area (Å²) in [5.74, 6) is -1.10. The van der Waals surface area contributed by atoms with Crippen LogP contribution in [0, 0.1) is 0 Å². The van der Waals surface area contributed by atoms with Crippen molar-refractivity contribution in [2.24, 2.45) is 0 Å². The molecule has 4 aromatic rings. The number of halogens is 2. The van der Waals surface area contributed by atoms with Gasteiger partial charge < -0.3 is 14.5 Å². The molecule has 1 saturated heterocycles. The zero-order valence-corrected chi connectivity index (χ0v) is 29.2. The Morgan fingerprint density at radius 2 is 1.43 bits per heavy atom. The number of carbonyl (C=O) groups excluding carboxylic acids is 3. The minimum atomic E-state index is -0.506. The van der Waals surface area contributed by atoms with Crippen molar-refractivity contribution in [1.29, 1.82) is 0 Å². The SMILES string of the molecule is CCOC(=O)C1=C(C)N(Cc2ccc(C(=O)N3CCN(C(c4ccccc4)c4ccccc4)CC3)cc2)C(=O)CC1c1ccc(Cl)c(Cl)c1. The topological polar surface area (TPSA) is 70.2 Å². The second-order valence-corrected chi connectivity index (χ2v) is 13.2. The fourth-order valence-electron chi connectivity index (χ4n) is 6.88. The van der Waals surface area contributed by atoms with Crippen molar-refractivity contribution in [3.8, 4) is 0 Å². The van der Waals surface area contributed by atoms with Crippen molar-refractivity contribution in [3.05, 3.63) is 152 Å². The van der Waals surface area contributed by atoms with Crippen LogP contribution < -0.4 is 0 Å². The Hall–Kier alpha value is -4.43. The van der Waals surface area contributed by atoms with E-state index in [4.69, 9.17) is 27.9 Å². The average molecular weight is 697 g/mol. The zero-order chi connectivity index (χ0) is 34.5. The van der Waals surface area contributed by atoms with Gasteiger partial charge in [0.25, 0.3) is 5.91 Å². The van der Waals surface area contributed by atoms with E-state index < -0.39 is 11.9 Å². The van der Waals surface area contributed by atoms with Crippen molar-refractivity contribution in [2.45, 2.75) is 38.8 Å². The molecule has 9 heteroatoms. The van der Waals surface area contributed by atoms with Crippen LogP contribution in [0.5, 0.6) is 0 Å². The molecule has 2 heterocycles. The molecule has 4 aromatic carbocycles. The number of rotatable bonds is 9. The molecule has 6 rings (SSSR count). The van der Waals surface area contributed by atoms with Gasteiger partial charge in [-0.1, -0.05) is 102 Å². The van der Waals surface area contributed by atoms with Crippen LogP contribution in [0.15, 0.2) is 114 Å². The zero-order valence-electron chi connectivity index (χ0n) is 27.6. The van der Waals surface area contributed by atoms with Crippen molar-refractivity contribution < 1.29 is 19.1 Å². The number of ether oxygens (including phenoxy) is 1. The summed E-state index contributed by atoms with van der Waals surface area (Å²) in [6.07, 6.45) is 0.0847. The Morgan fingerprint density at radius 1 is 0.816 bits per heavy atom. The summed E-state index contributed by atoms with van der Waals surface area (Å²) in [4.78, 5) is 46.3. The van der Waals surface area contributed by atoms with Crippen LogP contribution in [0.2, 0.25) is 10.0 Å². The van der Waals surface area contributed by atoms with Gasteiger partial charge in [0, 0.05) is 49.8 Å². The normalized spacial score (nSPS) is 17.1. The van der Waals surface area contributed by atoms with Gasteiger partial charge in [-0.15, -0.1) is 0 Å². The molecule has 0 N–H and O–H groups in total. The van der Waals surface area contributed by atoms with Crippen molar-refractivity contribution in [3.63, 3.8) is 0 Å². The molecule has 49 heavy (non-hydrogen) atoms. The molecule has 2 aliphatic rings. The van der Waals surface area contributed by atoms with Crippen molar-refractivity contribution >= 4 is 41.0 Å². The highest BCUT2D eigenvalue weighted by molar-refractivity contribution is 6.42. The summed E-state index contributed by atoms with van der Waals surface area (Å²) in [5.41, 5.74) is 5.61. The third-order valence-corrected chi connectivity index (χ3v) is 10.1. The predicted molar refractivity (Wildman–Crippen MR) is 192 cm³/mol. The molecule has 0 saturated carbocycles. The Labute approximate surface area is 297 Å². The second-order valence-electron chi connectivity index (χ2n) is 12.4. The summed E-state index contributed by atoms with van der Waals surface area (Å²) in [5, 5.41) is 0.756. The van der Waals surface area contributed by atoms with Gasteiger partial charge in [-0.2, -0.15) is 0 Å². The van der Waals surface area contributed by atoms with Gasteiger partial charge in [0.05, 0.1) is 34.8 Å². The fourth-order valence-corrected chi connectivity index (χ4v) is 7.18.